The maximum absolute atomic E-state index is 11.8. The van der Waals surface area contributed by atoms with Crippen molar-refractivity contribution < 1.29 is 22.7 Å². The number of rotatable bonds is 6. The van der Waals surface area contributed by atoms with Crippen LogP contribution in [0.15, 0.2) is 35.2 Å². The number of benzene rings is 1. The zero-order chi connectivity index (χ0) is 13.6. The first-order valence-corrected chi connectivity index (χ1v) is 7.10. The van der Waals surface area contributed by atoms with Crippen LogP contribution in [0.3, 0.4) is 0 Å². The molecule has 1 rings (SSSR count). The zero-order valence-corrected chi connectivity index (χ0v) is 10.8. The molecule has 0 fully saturated rings. The predicted molar refractivity (Wildman–Crippen MR) is 64.8 cm³/mol. The number of Topliss-reactive ketones (excluding diaryl/α,β-unsaturated/α-hetero) is 1. The van der Waals surface area contributed by atoms with Gasteiger partial charge >= 0.3 is 5.97 Å². The van der Waals surface area contributed by atoms with Crippen LogP contribution in [0.2, 0.25) is 0 Å². The Labute approximate surface area is 106 Å². The molecule has 0 unspecified atom stereocenters. The highest BCUT2D eigenvalue weighted by Crippen LogP contribution is 2.11. The molecule has 0 aliphatic heterocycles. The van der Waals surface area contributed by atoms with E-state index in [0.29, 0.717) is 0 Å². The van der Waals surface area contributed by atoms with Crippen LogP contribution in [0.1, 0.15) is 13.3 Å². The number of esters is 1. The van der Waals surface area contributed by atoms with E-state index in [9.17, 15) is 18.0 Å². The Balaban J connectivity index is 2.64. The summed E-state index contributed by atoms with van der Waals surface area (Å²) < 4.78 is 28.1. The van der Waals surface area contributed by atoms with Gasteiger partial charge in [0.25, 0.3) is 0 Å². The lowest BCUT2D eigenvalue weighted by molar-refractivity contribution is -0.153. The summed E-state index contributed by atoms with van der Waals surface area (Å²) >= 11 is 0. The normalized spacial score (nSPS) is 10.9. The molecule has 0 radical (unpaired) electrons. The molecule has 98 valence electrons. The average Bonchev–Trinajstić information content (AvgIpc) is 2.37. The highest BCUT2D eigenvalue weighted by Gasteiger charge is 2.20. The second-order valence-electron chi connectivity index (χ2n) is 3.53. The fourth-order valence-electron chi connectivity index (χ4n) is 1.29. The average molecular weight is 270 g/mol. The molecule has 0 saturated carbocycles. The van der Waals surface area contributed by atoms with Gasteiger partial charge in [0.2, 0.25) is 5.78 Å². The first-order chi connectivity index (χ1) is 8.47. The molecule has 5 nitrogen and oxygen atoms in total. The largest absolute Gasteiger partial charge is 0.460 e. The first-order valence-electron chi connectivity index (χ1n) is 5.45. The molecule has 0 saturated heterocycles. The van der Waals surface area contributed by atoms with E-state index in [-0.39, 0.29) is 17.9 Å². The van der Waals surface area contributed by atoms with E-state index >= 15 is 0 Å². The van der Waals surface area contributed by atoms with Gasteiger partial charge in [-0.15, -0.1) is 0 Å². The summed E-state index contributed by atoms with van der Waals surface area (Å²) in [6.07, 6.45) is -0.365. The molecule has 0 amide bonds. The molecule has 0 aromatic heterocycles. The van der Waals surface area contributed by atoms with Gasteiger partial charge in [0, 0.05) is 6.42 Å². The van der Waals surface area contributed by atoms with Gasteiger partial charge in [-0.3, -0.25) is 4.79 Å². The minimum Gasteiger partial charge on any atom is -0.460 e. The molecule has 0 aliphatic rings. The van der Waals surface area contributed by atoms with Gasteiger partial charge in [-0.1, -0.05) is 18.2 Å². The van der Waals surface area contributed by atoms with Crippen molar-refractivity contribution >= 4 is 21.6 Å². The van der Waals surface area contributed by atoms with Crippen LogP contribution in [0.4, 0.5) is 0 Å². The van der Waals surface area contributed by atoms with Crippen LogP contribution in [-0.4, -0.2) is 32.5 Å². The Morgan fingerprint density at radius 1 is 1.17 bits per heavy atom. The molecule has 0 atom stereocenters. The predicted octanol–water partition coefficient (Wildman–Crippen LogP) is 0.983. The van der Waals surface area contributed by atoms with E-state index in [1.165, 1.54) is 12.1 Å². The van der Waals surface area contributed by atoms with Gasteiger partial charge in [0.05, 0.1) is 17.3 Å². The molecule has 0 N–H and O–H groups in total. The highest BCUT2D eigenvalue weighted by molar-refractivity contribution is 7.91. The van der Waals surface area contributed by atoms with Crippen molar-refractivity contribution in [1.29, 1.82) is 0 Å². The highest BCUT2D eigenvalue weighted by atomic mass is 32.2. The smallest absolute Gasteiger partial charge is 0.374 e. The first kappa shape index (κ1) is 14.4. The number of carbonyl (C=O) groups excluding carboxylic acids is 2. The van der Waals surface area contributed by atoms with Crippen molar-refractivity contribution in [2.45, 2.75) is 18.2 Å². The Morgan fingerprint density at radius 2 is 1.78 bits per heavy atom. The molecule has 1 aromatic carbocycles. The van der Waals surface area contributed by atoms with Crippen LogP contribution in [-0.2, 0) is 24.2 Å². The lowest BCUT2D eigenvalue weighted by Crippen LogP contribution is -2.20. The summed E-state index contributed by atoms with van der Waals surface area (Å²) in [7, 11) is -3.53. The number of hydrogen-bond donors (Lipinski definition) is 0. The number of ketones is 1. The summed E-state index contributed by atoms with van der Waals surface area (Å²) in [5.74, 6) is -2.20. The molecule has 0 aliphatic carbocycles. The van der Waals surface area contributed by atoms with Crippen molar-refractivity contribution in [3.8, 4) is 0 Å². The lowest BCUT2D eigenvalue weighted by Gasteiger charge is -2.03. The van der Waals surface area contributed by atoms with Crippen molar-refractivity contribution in [1.82, 2.24) is 0 Å². The lowest BCUT2D eigenvalue weighted by atomic mass is 10.3. The molecular formula is C12H14O5S. The van der Waals surface area contributed by atoms with Crippen LogP contribution in [0, 0.1) is 0 Å². The van der Waals surface area contributed by atoms with Crippen LogP contribution in [0.25, 0.3) is 0 Å². The SMILES string of the molecule is CCOC(=O)C(=O)CCS(=O)(=O)c1ccccc1. The Morgan fingerprint density at radius 3 is 2.33 bits per heavy atom. The fraction of sp³-hybridized carbons (Fsp3) is 0.333. The number of ether oxygens (including phenoxy) is 1. The molecule has 0 spiro atoms. The topological polar surface area (TPSA) is 77.5 Å². The second-order valence-corrected chi connectivity index (χ2v) is 5.63. The van der Waals surface area contributed by atoms with Crippen LogP contribution >= 0.6 is 0 Å². The third-order valence-corrected chi connectivity index (χ3v) is 3.94. The summed E-state index contributed by atoms with van der Waals surface area (Å²) in [5.41, 5.74) is 0. The van der Waals surface area contributed by atoms with Crippen molar-refractivity contribution in [2.24, 2.45) is 0 Å². The molecule has 0 bridgehead atoms. The summed E-state index contributed by atoms with van der Waals surface area (Å²) in [5, 5.41) is 0. The molecule has 0 heterocycles. The minimum absolute atomic E-state index is 0.0933. The fourth-order valence-corrected chi connectivity index (χ4v) is 2.55. The summed E-state index contributed by atoms with van der Waals surface area (Å²) in [4.78, 5) is 22.4. The summed E-state index contributed by atoms with van der Waals surface area (Å²) in [6.45, 7) is 1.67. The van der Waals surface area contributed by atoms with E-state index in [2.05, 4.69) is 4.74 Å². The standard InChI is InChI=1S/C12H14O5S/c1-2-17-12(14)11(13)8-9-18(15,16)10-6-4-3-5-7-10/h3-7H,2,8-9H2,1H3. The molecule has 1 aromatic rings. The molecule has 6 heteroatoms. The van der Waals surface area contributed by atoms with E-state index in [4.69, 9.17) is 0 Å². The zero-order valence-electron chi connectivity index (χ0n) is 9.96. The van der Waals surface area contributed by atoms with Gasteiger partial charge in [-0.05, 0) is 19.1 Å². The number of carbonyl (C=O) groups is 2. The second kappa shape index (κ2) is 6.30. The van der Waals surface area contributed by atoms with E-state index in [1.54, 1.807) is 25.1 Å². The molecular weight excluding hydrogens is 256 g/mol. The Hall–Kier alpha value is -1.69. The van der Waals surface area contributed by atoms with E-state index < -0.39 is 27.3 Å². The van der Waals surface area contributed by atoms with Gasteiger partial charge in [0.1, 0.15) is 0 Å². The van der Waals surface area contributed by atoms with Crippen molar-refractivity contribution in [3.63, 3.8) is 0 Å². The van der Waals surface area contributed by atoms with Gasteiger partial charge in [-0.25, -0.2) is 13.2 Å². The quantitative estimate of drug-likeness (QED) is 0.569. The monoisotopic (exact) mass is 270 g/mol. The maximum Gasteiger partial charge on any atom is 0.374 e. The van der Waals surface area contributed by atoms with Gasteiger partial charge in [-0.2, -0.15) is 0 Å². The van der Waals surface area contributed by atoms with E-state index in [0.717, 1.165) is 0 Å². The Kier molecular flexibility index (Phi) is 5.03. The number of sulfone groups is 1. The van der Waals surface area contributed by atoms with Crippen molar-refractivity contribution in [3.05, 3.63) is 30.3 Å². The van der Waals surface area contributed by atoms with Gasteiger partial charge in [0.15, 0.2) is 9.84 Å². The third kappa shape index (κ3) is 3.96. The molecule has 18 heavy (non-hydrogen) atoms. The number of hydrogen-bond acceptors (Lipinski definition) is 5. The van der Waals surface area contributed by atoms with Gasteiger partial charge < -0.3 is 4.74 Å². The maximum atomic E-state index is 11.8. The van der Waals surface area contributed by atoms with Crippen LogP contribution < -0.4 is 0 Å². The summed E-state index contributed by atoms with van der Waals surface area (Å²) in [6, 6.07) is 7.79. The van der Waals surface area contributed by atoms with E-state index in [1.807, 2.05) is 0 Å². The third-order valence-electron chi connectivity index (χ3n) is 2.20. The van der Waals surface area contributed by atoms with Crippen molar-refractivity contribution in [2.75, 3.05) is 12.4 Å². The minimum atomic E-state index is -3.53. The van der Waals surface area contributed by atoms with Crippen LogP contribution in [0.5, 0.6) is 0 Å². The Bertz CT molecular complexity index is 519.